The molecule has 0 unspecified atom stereocenters. The number of pyridine rings is 1. The molecule has 0 amide bonds. The minimum atomic E-state index is -3.86. The molecule has 4 rings (SSSR count). The fourth-order valence-electron chi connectivity index (χ4n) is 3.21. The van der Waals surface area contributed by atoms with Crippen LogP contribution in [0.2, 0.25) is 0 Å². The third-order valence-electron chi connectivity index (χ3n) is 4.77. The first-order chi connectivity index (χ1) is 14.5. The predicted molar refractivity (Wildman–Crippen MR) is 113 cm³/mol. The van der Waals surface area contributed by atoms with E-state index < -0.39 is 10.0 Å². The number of nitrogens with zero attached hydrogens (tertiary/aromatic N) is 1. The van der Waals surface area contributed by atoms with Crippen molar-refractivity contribution in [1.29, 1.82) is 0 Å². The monoisotopic (exact) mass is 424 g/mol. The molecule has 0 fully saturated rings. The Hall–Kier alpha value is -3.36. The number of aromatic amines is 1. The molecule has 8 heteroatoms. The van der Waals surface area contributed by atoms with Crippen LogP contribution in [0.3, 0.4) is 0 Å². The van der Waals surface area contributed by atoms with Crippen molar-refractivity contribution >= 4 is 20.9 Å². The van der Waals surface area contributed by atoms with Gasteiger partial charge in [0.2, 0.25) is 10.0 Å². The van der Waals surface area contributed by atoms with E-state index >= 15 is 0 Å². The molecule has 0 spiro atoms. The summed E-state index contributed by atoms with van der Waals surface area (Å²) in [6, 6.07) is 18.5. The highest BCUT2D eigenvalue weighted by Gasteiger charge is 2.26. The quantitative estimate of drug-likeness (QED) is 0.490. The van der Waals surface area contributed by atoms with Crippen molar-refractivity contribution in [3.63, 3.8) is 0 Å². The van der Waals surface area contributed by atoms with Crippen LogP contribution >= 0.6 is 0 Å². The van der Waals surface area contributed by atoms with Crippen LogP contribution < -0.4 is 10.3 Å². The number of rotatable bonds is 7. The smallest absolute Gasteiger partial charge is 0.252 e. The second-order valence-electron chi connectivity index (χ2n) is 6.74. The van der Waals surface area contributed by atoms with Crippen LogP contribution in [0.4, 0.5) is 0 Å². The number of aromatic nitrogens is 1. The Morgan fingerprint density at radius 1 is 1.00 bits per heavy atom. The molecule has 0 atom stereocenters. The molecule has 0 aliphatic heterocycles. The van der Waals surface area contributed by atoms with Gasteiger partial charge in [0.05, 0.1) is 24.8 Å². The molecule has 0 bridgehead atoms. The van der Waals surface area contributed by atoms with Gasteiger partial charge in [-0.15, -0.1) is 0 Å². The summed E-state index contributed by atoms with van der Waals surface area (Å²) < 4.78 is 38.4. The summed E-state index contributed by atoms with van der Waals surface area (Å²) in [5.74, 6) is 1.12. The molecule has 0 saturated heterocycles. The van der Waals surface area contributed by atoms with Crippen molar-refractivity contribution in [2.75, 3.05) is 7.11 Å². The number of ether oxygens (including phenoxy) is 1. The zero-order chi connectivity index (χ0) is 21.1. The van der Waals surface area contributed by atoms with E-state index in [1.165, 1.54) is 22.7 Å². The molecule has 2 aromatic carbocycles. The molecule has 1 N–H and O–H groups in total. The summed E-state index contributed by atoms with van der Waals surface area (Å²) in [5.41, 5.74) is 0.621. The number of fused-ring (bicyclic) bond motifs is 1. The van der Waals surface area contributed by atoms with Gasteiger partial charge >= 0.3 is 0 Å². The maximum atomic E-state index is 13.3. The second-order valence-corrected chi connectivity index (χ2v) is 8.68. The number of hydrogen-bond donors (Lipinski definition) is 1. The normalized spacial score (nSPS) is 11.8. The minimum absolute atomic E-state index is 0.000183. The van der Waals surface area contributed by atoms with E-state index in [0.717, 1.165) is 5.39 Å². The molecule has 154 valence electrons. The van der Waals surface area contributed by atoms with Crippen LogP contribution in [0.1, 0.15) is 11.3 Å². The SMILES string of the molecule is COc1ccc2[nH]c(=O)c(CN(Cc3ccco3)S(=O)(=O)c3ccccc3)cc2c1. The lowest BCUT2D eigenvalue weighted by Crippen LogP contribution is -2.32. The minimum Gasteiger partial charge on any atom is -0.497 e. The van der Waals surface area contributed by atoms with Gasteiger partial charge in [-0.25, -0.2) is 8.42 Å². The molecule has 0 saturated carbocycles. The molecular weight excluding hydrogens is 404 g/mol. The fraction of sp³-hybridized carbons (Fsp3) is 0.136. The number of nitrogens with one attached hydrogen (secondary N) is 1. The molecule has 0 aliphatic rings. The first-order valence-corrected chi connectivity index (χ1v) is 10.7. The Kier molecular flexibility index (Phi) is 5.43. The topological polar surface area (TPSA) is 92.6 Å². The van der Waals surface area contributed by atoms with Gasteiger partial charge in [0.25, 0.3) is 5.56 Å². The maximum absolute atomic E-state index is 13.3. The molecule has 2 aromatic heterocycles. The summed E-state index contributed by atoms with van der Waals surface area (Å²) in [6.07, 6.45) is 1.48. The van der Waals surface area contributed by atoms with Gasteiger partial charge in [-0.3, -0.25) is 4.79 Å². The lowest BCUT2D eigenvalue weighted by atomic mass is 10.1. The number of benzene rings is 2. The number of sulfonamides is 1. The lowest BCUT2D eigenvalue weighted by molar-refractivity contribution is 0.357. The van der Waals surface area contributed by atoms with E-state index in [1.807, 2.05) is 0 Å². The van der Waals surface area contributed by atoms with Crippen LogP contribution in [-0.2, 0) is 23.1 Å². The zero-order valence-corrected chi connectivity index (χ0v) is 17.1. The van der Waals surface area contributed by atoms with E-state index in [4.69, 9.17) is 9.15 Å². The first kappa shape index (κ1) is 19.9. The molecule has 0 aliphatic carbocycles. The van der Waals surface area contributed by atoms with Gasteiger partial charge in [0.15, 0.2) is 0 Å². The average Bonchev–Trinajstić information content (AvgIpc) is 3.27. The highest BCUT2D eigenvalue weighted by atomic mass is 32.2. The Bertz CT molecular complexity index is 1310. The third-order valence-corrected chi connectivity index (χ3v) is 6.57. The summed E-state index contributed by atoms with van der Waals surface area (Å²) in [7, 11) is -2.30. The van der Waals surface area contributed by atoms with Crippen LogP contribution in [0.15, 0.2) is 87.1 Å². The maximum Gasteiger partial charge on any atom is 0.252 e. The van der Waals surface area contributed by atoms with E-state index in [9.17, 15) is 13.2 Å². The Balaban J connectivity index is 1.76. The Morgan fingerprint density at radius 2 is 1.80 bits per heavy atom. The number of H-pyrrole nitrogens is 1. The first-order valence-electron chi connectivity index (χ1n) is 9.25. The highest BCUT2D eigenvalue weighted by Crippen LogP contribution is 2.23. The van der Waals surface area contributed by atoms with E-state index in [2.05, 4.69) is 4.98 Å². The summed E-state index contributed by atoms with van der Waals surface area (Å²) in [4.78, 5) is 15.6. The molecule has 4 aromatic rings. The summed E-state index contributed by atoms with van der Waals surface area (Å²) in [6.45, 7) is -0.111. The number of methoxy groups -OCH3 is 1. The van der Waals surface area contributed by atoms with Crippen molar-refractivity contribution in [3.8, 4) is 5.75 Å². The van der Waals surface area contributed by atoms with Gasteiger partial charge < -0.3 is 14.1 Å². The van der Waals surface area contributed by atoms with Gasteiger partial charge in [-0.05, 0) is 48.5 Å². The third kappa shape index (κ3) is 4.00. The number of furan rings is 1. The second kappa shape index (κ2) is 8.17. The Morgan fingerprint density at radius 3 is 2.50 bits per heavy atom. The van der Waals surface area contributed by atoms with Crippen LogP contribution in [0.25, 0.3) is 10.9 Å². The molecule has 2 heterocycles. The molecular formula is C22H20N2O5S. The van der Waals surface area contributed by atoms with Crippen LogP contribution in [-0.4, -0.2) is 24.8 Å². The van der Waals surface area contributed by atoms with Gasteiger partial charge in [0, 0.05) is 23.0 Å². The lowest BCUT2D eigenvalue weighted by Gasteiger charge is -2.21. The summed E-state index contributed by atoms with van der Waals surface area (Å²) >= 11 is 0. The fourth-order valence-corrected chi connectivity index (χ4v) is 4.61. The predicted octanol–water partition coefficient (Wildman–Crippen LogP) is 3.52. The zero-order valence-electron chi connectivity index (χ0n) is 16.2. The van der Waals surface area contributed by atoms with Crippen LogP contribution in [0.5, 0.6) is 5.75 Å². The molecule has 30 heavy (non-hydrogen) atoms. The summed E-state index contributed by atoms with van der Waals surface area (Å²) in [5, 5.41) is 0.749. The largest absolute Gasteiger partial charge is 0.497 e. The average molecular weight is 424 g/mol. The number of hydrogen-bond acceptors (Lipinski definition) is 5. The Labute approximate surface area is 173 Å². The molecule has 0 radical (unpaired) electrons. The van der Waals surface area contributed by atoms with Crippen LogP contribution in [0, 0.1) is 0 Å². The van der Waals surface area contributed by atoms with E-state index in [0.29, 0.717) is 22.6 Å². The van der Waals surface area contributed by atoms with Crippen molar-refractivity contribution in [3.05, 3.63) is 94.7 Å². The van der Waals surface area contributed by atoms with Crippen molar-refractivity contribution in [1.82, 2.24) is 9.29 Å². The van der Waals surface area contributed by atoms with Crippen molar-refractivity contribution in [2.24, 2.45) is 0 Å². The standard InChI is InChI=1S/C22H20N2O5S/c1-28-18-9-10-21-16(13-18)12-17(22(25)23-21)14-24(15-19-6-5-11-29-19)30(26,27)20-7-3-2-4-8-20/h2-13H,14-15H2,1H3,(H,23,25). The highest BCUT2D eigenvalue weighted by molar-refractivity contribution is 7.89. The van der Waals surface area contributed by atoms with Crippen molar-refractivity contribution in [2.45, 2.75) is 18.0 Å². The van der Waals surface area contributed by atoms with Crippen molar-refractivity contribution < 1.29 is 17.6 Å². The van der Waals surface area contributed by atoms with Gasteiger partial charge in [0.1, 0.15) is 11.5 Å². The van der Waals surface area contributed by atoms with E-state index in [-0.39, 0.29) is 23.5 Å². The van der Waals surface area contributed by atoms with Gasteiger partial charge in [-0.1, -0.05) is 18.2 Å². The van der Waals surface area contributed by atoms with Gasteiger partial charge in [-0.2, -0.15) is 4.31 Å². The molecule has 7 nitrogen and oxygen atoms in total. The van der Waals surface area contributed by atoms with E-state index in [1.54, 1.807) is 61.7 Å².